The predicted molar refractivity (Wildman–Crippen MR) is 49.2 cm³/mol. The van der Waals surface area contributed by atoms with Crippen LogP contribution in [-0.4, -0.2) is 12.3 Å². The molecule has 0 aromatic heterocycles. The van der Waals surface area contributed by atoms with Crippen molar-refractivity contribution in [1.29, 1.82) is 0 Å². The van der Waals surface area contributed by atoms with Crippen LogP contribution in [0.2, 0.25) is 0 Å². The van der Waals surface area contributed by atoms with E-state index in [1.165, 1.54) is 18.2 Å². The Bertz CT molecular complexity index is 361. The quantitative estimate of drug-likeness (QED) is 0.584. The van der Waals surface area contributed by atoms with Crippen molar-refractivity contribution in [2.45, 2.75) is 12.6 Å². The normalized spacial score (nSPS) is 12.7. The van der Waals surface area contributed by atoms with Crippen molar-refractivity contribution in [2.75, 3.05) is 6.16 Å². The smallest absolute Gasteiger partial charge is 0.282 e. The Balaban J connectivity index is 2.66. The highest BCUT2D eigenvalue weighted by Crippen LogP contribution is 2.29. The molecule has 1 rings (SSSR count). The van der Waals surface area contributed by atoms with E-state index in [1.807, 2.05) is 0 Å². The molecule has 0 amide bonds. The molecule has 0 N–H and O–H groups in total. The molecule has 0 heterocycles. The first kappa shape index (κ1) is 12.1. The third-order valence-corrected chi connectivity index (χ3v) is 3.25. The van der Waals surface area contributed by atoms with Gasteiger partial charge in [-0.2, -0.15) is 13.2 Å². The number of alkyl halides is 3. The second-order valence-corrected chi connectivity index (χ2v) is 4.60. The minimum absolute atomic E-state index is 0.142. The third kappa shape index (κ3) is 3.96. The lowest BCUT2D eigenvalue weighted by atomic mass is 10.3. The van der Waals surface area contributed by atoms with Crippen molar-refractivity contribution in [2.24, 2.45) is 0 Å². The number of benzene rings is 1. The summed E-state index contributed by atoms with van der Waals surface area (Å²) in [6, 6.07) is 5.16. The van der Waals surface area contributed by atoms with Crippen LogP contribution in [0.4, 0.5) is 17.6 Å². The second kappa shape index (κ2) is 4.71. The van der Waals surface area contributed by atoms with Gasteiger partial charge in [-0.15, -0.1) is 0 Å². The summed E-state index contributed by atoms with van der Waals surface area (Å²) in [5.74, 6) is -0.721. The average Bonchev–Trinajstić information content (AvgIpc) is 2.14. The van der Waals surface area contributed by atoms with Crippen molar-refractivity contribution in [1.82, 2.24) is 0 Å². The Labute approximate surface area is 84.9 Å². The molecule has 0 fully saturated rings. The molecule has 1 unspecified atom stereocenters. The summed E-state index contributed by atoms with van der Waals surface area (Å²) in [5, 5.41) is -0.142. The van der Waals surface area contributed by atoms with E-state index in [1.54, 1.807) is 0 Å². The first-order chi connectivity index (χ1) is 6.90. The van der Waals surface area contributed by atoms with E-state index in [0.717, 1.165) is 6.07 Å². The molecular formula is C9H8F4OP. The molecule has 0 aliphatic heterocycles. The third-order valence-electron chi connectivity index (χ3n) is 1.72. The fourth-order valence-corrected chi connectivity index (χ4v) is 2.27. The summed E-state index contributed by atoms with van der Waals surface area (Å²) in [7, 11) is -2.31. The van der Waals surface area contributed by atoms with Gasteiger partial charge < -0.3 is 0 Å². The summed E-state index contributed by atoms with van der Waals surface area (Å²) >= 11 is 0. The fourth-order valence-electron chi connectivity index (χ4n) is 1.00. The molecule has 15 heavy (non-hydrogen) atoms. The minimum Gasteiger partial charge on any atom is -0.282 e. The van der Waals surface area contributed by atoms with Gasteiger partial charge in [-0.1, -0.05) is 12.1 Å². The van der Waals surface area contributed by atoms with Gasteiger partial charge in [0, 0.05) is 6.16 Å². The van der Waals surface area contributed by atoms with E-state index < -0.39 is 32.4 Å². The lowest BCUT2D eigenvalue weighted by molar-refractivity contribution is -0.129. The summed E-state index contributed by atoms with van der Waals surface area (Å²) in [5.41, 5.74) is 0. The zero-order valence-corrected chi connectivity index (χ0v) is 8.49. The van der Waals surface area contributed by atoms with E-state index in [4.69, 9.17) is 0 Å². The van der Waals surface area contributed by atoms with Crippen LogP contribution in [0.15, 0.2) is 24.3 Å². The Hall–Kier alpha value is -0.960. The van der Waals surface area contributed by atoms with Crippen LogP contribution < -0.4 is 5.30 Å². The molecule has 1 aromatic rings. The summed E-state index contributed by atoms with van der Waals surface area (Å²) in [4.78, 5) is 0. The van der Waals surface area contributed by atoms with Crippen LogP contribution in [0.5, 0.6) is 0 Å². The largest absolute Gasteiger partial charge is 0.389 e. The monoisotopic (exact) mass is 239 g/mol. The van der Waals surface area contributed by atoms with Gasteiger partial charge in [0.2, 0.25) is 0 Å². The van der Waals surface area contributed by atoms with Gasteiger partial charge >= 0.3 is 6.18 Å². The maximum Gasteiger partial charge on any atom is 0.389 e. The summed E-state index contributed by atoms with van der Waals surface area (Å²) in [6.45, 7) is 0. The Morgan fingerprint density at radius 2 is 1.80 bits per heavy atom. The molecule has 1 radical (unpaired) electrons. The molecule has 6 heteroatoms. The van der Waals surface area contributed by atoms with E-state index in [2.05, 4.69) is 0 Å². The molecule has 0 aliphatic rings. The van der Waals surface area contributed by atoms with Crippen LogP contribution in [0, 0.1) is 5.82 Å². The average molecular weight is 239 g/mol. The number of hydrogen-bond donors (Lipinski definition) is 0. The Morgan fingerprint density at radius 1 is 1.20 bits per heavy atom. The van der Waals surface area contributed by atoms with Gasteiger partial charge in [-0.05, 0) is 12.1 Å². The number of hydrogen-bond acceptors (Lipinski definition) is 1. The molecular weight excluding hydrogens is 231 g/mol. The Morgan fingerprint density at radius 3 is 2.33 bits per heavy atom. The van der Waals surface area contributed by atoms with E-state index in [-0.39, 0.29) is 5.30 Å². The van der Waals surface area contributed by atoms with Gasteiger partial charge in [-0.25, -0.2) is 4.39 Å². The van der Waals surface area contributed by atoms with Crippen molar-refractivity contribution >= 4 is 13.1 Å². The zero-order valence-electron chi connectivity index (χ0n) is 7.59. The number of halogens is 4. The Kier molecular flexibility index (Phi) is 3.80. The van der Waals surface area contributed by atoms with Gasteiger partial charge in [0.05, 0.1) is 11.7 Å². The molecule has 1 aromatic carbocycles. The van der Waals surface area contributed by atoms with Gasteiger partial charge in [0.15, 0.2) is 0 Å². The molecule has 0 spiro atoms. The molecule has 1 atom stereocenters. The lowest BCUT2D eigenvalue weighted by Gasteiger charge is -2.05. The van der Waals surface area contributed by atoms with Crippen LogP contribution in [0.25, 0.3) is 0 Å². The summed E-state index contributed by atoms with van der Waals surface area (Å²) in [6.07, 6.45) is -6.08. The molecule has 1 nitrogen and oxygen atoms in total. The van der Waals surface area contributed by atoms with Crippen molar-refractivity contribution < 1.29 is 22.1 Å². The van der Waals surface area contributed by atoms with E-state index in [0.29, 0.717) is 0 Å². The number of rotatable bonds is 3. The second-order valence-electron chi connectivity index (χ2n) is 2.92. The highest BCUT2D eigenvalue weighted by atomic mass is 31.1. The maximum absolute atomic E-state index is 13.0. The van der Waals surface area contributed by atoms with Crippen molar-refractivity contribution in [3.63, 3.8) is 0 Å². The SMILES string of the molecule is O=[P](CCC(F)(F)F)c1ccccc1F. The van der Waals surface area contributed by atoms with Gasteiger partial charge in [0.25, 0.3) is 0 Å². The fraction of sp³-hybridized carbons (Fsp3) is 0.333. The summed E-state index contributed by atoms with van der Waals surface area (Å²) < 4.78 is 59.7. The molecule has 0 bridgehead atoms. The highest BCUT2D eigenvalue weighted by Gasteiger charge is 2.28. The van der Waals surface area contributed by atoms with Crippen LogP contribution >= 0.6 is 7.80 Å². The first-order valence-corrected chi connectivity index (χ1v) is 5.60. The van der Waals surface area contributed by atoms with E-state index >= 15 is 0 Å². The topological polar surface area (TPSA) is 17.1 Å². The first-order valence-electron chi connectivity index (χ1n) is 4.16. The molecule has 0 aliphatic carbocycles. The highest BCUT2D eigenvalue weighted by molar-refractivity contribution is 7.53. The maximum atomic E-state index is 13.0. The van der Waals surface area contributed by atoms with Crippen LogP contribution in [-0.2, 0) is 4.57 Å². The van der Waals surface area contributed by atoms with E-state index in [9.17, 15) is 22.1 Å². The molecule has 0 saturated carbocycles. The minimum atomic E-state index is -4.35. The van der Waals surface area contributed by atoms with Gasteiger partial charge in [-0.3, -0.25) is 4.57 Å². The lowest BCUT2D eigenvalue weighted by Crippen LogP contribution is -2.11. The molecule has 83 valence electrons. The zero-order chi connectivity index (χ0) is 11.5. The van der Waals surface area contributed by atoms with Gasteiger partial charge in [0.1, 0.15) is 13.6 Å². The van der Waals surface area contributed by atoms with Crippen molar-refractivity contribution in [3.8, 4) is 0 Å². The molecule has 0 saturated heterocycles. The van der Waals surface area contributed by atoms with Crippen molar-refractivity contribution in [3.05, 3.63) is 30.1 Å². The predicted octanol–water partition coefficient (Wildman–Crippen LogP) is 3.23. The van der Waals surface area contributed by atoms with Crippen LogP contribution in [0.3, 0.4) is 0 Å². The van der Waals surface area contributed by atoms with Crippen LogP contribution in [0.1, 0.15) is 6.42 Å². The standard InChI is InChI=1S/C9H8F4OP/c10-7-3-1-2-4-8(7)15(14)6-5-9(11,12)13/h1-4H,5-6H2.